The Morgan fingerprint density at radius 3 is 1.17 bits per heavy atom. The molecule has 0 aromatic heterocycles. The first kappa shape index (κ1) is 18.6. The highest BCUT2D eigenvalue weighted by Gasteiger charge is 2.00. The zero-order chi connectivity index (χ0) is 13.6. The molecule has 0 bridgehead atoms. The van der Waals surface area contributed by atoms with Gasteiger partial charge in [0.25, 0.3) is 0 Å². The smallest absolute Gasteiger partial charge is 0.00721 e. The summed E-state index contributed by atoms with van der Waals surface area (Å²) in [4.78, 5) is 5.00. The summed E-state index contributed by atoms with van der Waals surface area (Å²) >= 11 is 4.21. The van der Waals surface area contributed by atoms with Gasteiger partial charge in [-0.15, -0.1) is 0 Å². The third kappa shape index (κ3) is 10.5. The van der Waals surface area contributed by atoms with Gasteiger partial charge < -0.3 is 9.80 Å². The minimum atomic E-state index is 1.19. The summed E-state index contributed by atoms with van der Waals surface area (Å²) in [5.74, 6) is 5.20. The molecule has 0 N–H and O–H groups in total. The van der Waals surface area contributed by atoms with E-state index in [2.05, 4.69) is 61.0 Å². The minimum absolute atomic E-state index is 1.19. The lowest BCUT2D eigenvalue weighted by molar-refractivity contribution is 0.324. The average Bonchev–Trinajstić information content (AvgIpc) is 2.41. The number of rotatable bonds is 13. The predicted octanol–water partition coefficient (Wildman–Crippen LogP) is 3.14. The van der Waals surface area contributed by atoms with E-state index in [-0.39, 0.29) is 0 Å². The van der Waals surface area contributed by atoms with Gasteiger partial charge in [-0.05, 0) is 26.2 Å². The Balaban J connectivity index is 3.21. The van der Waals surface area contributed by atoms with Crippen molar-refractivity contribution in [2.75, 3.05) is 62.3 Å². The molecule has 0 heterocycles. The van der Waals surface area contributed by atoms with Crippen molar-refractivity contribution in [2.45, 2.75) is 27.7 Å². The third-order valence-electron chi connectivity index (χ3n) is 3.26. The summed E-state index contributed by atoms with van der Waals surface area (Å²) in [7, 11) is 0. The topological polar surface area (TPSA) is 6.48 Å². The maximum absolute atomic E-state index is 2.50. The van der Waals surface area contributed by atoms with E-state index < -0.39 is 0 Å². The summed E-state index contributed by atoms with van der Waals surface area (Å²) in [6.45, 7) is 16.3. The zero-order valence-electron chi connectivity index (χ0n) is 12.8. The lowest BCUT2D eigenvalue weighted by Crippen LogP contribution is -2.25. The molecule has 0 spiro atoms. The highest BCUT2D eigenvalue weighted by Crippen LogP contribution is 2.08. The van der Waals surface area contributed by atoms with Crippen LogP contribution in [-0.2, 0) is 0 Å². The second kappa shape index (κ2) is 14.0. The van der Waals surface area contributed by atoms with Crippen LogP contribution in [0.3, 0.4) is 0 Å². The molecule has 0 saturated heterocycles. The monoisotopic (exact) mass is 292 g/mol. The molecule has 18 heavy (non-hydrogen) atoms. The van der Waals surface area contributed by atoms with Crippen LogP contribution in [0.15, 0.2) is 0 Å². The van der Waals surface area contributed by atoms with Crippen molar-refractivity contribution in [3.63, 3.8) is 0 Å². The van der Waals surface area contributed by atoms with Crippen LogP contribution in [0.25, 0.3) is 0 Å². The number of nitrogens with zero attached hydrogens (tertiary/aromatic N) is 2. The van der Waals surface area contributed by atoms with Gasteiger partial charge in [-0.25, -0.2) is 0 Å². The van der Waals surface area contributed by atoms with Crippen molar-refractivity contribution in [3.05, 3.63) is 0 Å². The second-order valence-electron chi connectivity index (χ2n) is 4.28. The predicted molar refractivity (Wildman–Crippen MR) is 90.2 cm³/mol. The van der Waals surface area contributed by atoms with E-state index in [4.69, 9.17) is 0 Å². The van der Waals surface area contributed by atoms with Gasteiger partial charge in [0.2, 0.25) is 0 Å². The molecular weight excluding hydrogens is 260 g/mol. The van der Waals surface area contributed by atoms with Crippen LogP contribution in [-0.4, -0.2) is 72.1 Å². The Bertz CT molecular complexity index is 142. The average molecular weight is 293 g/mol. The van der Waals surface area contributed by atoms with Crippen LogP contribution in [0.2, 0.25) is 0 Å². The molecular formula is C14H32N2S2. The molecule has 0 atom stereocenters. The molecule has 4 heteroatoms. The zero-order valence-corrected chi connectivity index (χ0v) is 14.4. The van der Waals surface area contributed by atoms with E-state index in [9.17, 15) is 0 Å². The van der Waals surface area contributed by atoms with Gasteiger partial charge in [-0.2, -0.15) is 23.5 Å². The lowest BCUT2D eigenvalue weighted by Gasteiger charge is -2.18. The van der Waals surface area contributed by atoms with E-state index in [1.165, 1.54) is 62.3 Å². The summed E-state index contributed by atoms with van der Waals surface area (Å²) in [5.41, 5.74) is 0. The lowest BCUT2D eigenvalue weighted by atomic mass is 10.5. The first-order chi connectivity index (χ1) is 8.78. The Morgan fingerprint density at radius 2 is 0.889 bits per heavy atom. The molecule has 0 unspecified atom stereocenters. The van der Waals surface area contributed by atoms with Crippen molar-refractivity contribution < 1.29 is 0 Å². The SMILES string of the molecule is CCN(CC)CCSCCSCCN(CC)CC. The van der Waals surface area contributed by atoms with Crippen molar-refractivity contribution >= 4 is 23.5 Å². The Hall–Kier alpha value is 0.620. The van der Waals surface area contributed by atoms with Crippen LogP contribution < -0.4 is 0 Å². The summed E-state index contributed by atoms with van der Waals surface area (Å²) < 4.78 is 0. The van der Waals surface area contributed by atoms with E-state index in [1.54, 1.807) is 0 Å². The first-order valence-electron chi connectivity index (χ1n) is 7.38. The molecule has 0 saturated carbocycles. The summed E-state index contributed by atoms with van der Waals surface area (Å²) in [5, 5.41) is 0. The molecule has 0 aromatic carbocycles. The Kier molecular flexibility index (Phi) is 14.5. The number of thioether (sulfide) groups is 2. The molecule has 0 aromatic rings. The van der Waals surface area contributed by atoms with Gasteiger partial charge in [0.1, 0.15) is 0 Å². The summed E-state index contributed by atoms with van der Waals surface area (Å²) in [6.07, 6.45) is 0. The van der Waals surface area contributed by atoms with E-state index >= 15 is 0 Å². The van der Waals surface area contributed by atoms with Gasteiger partial charge in [-0.1, -0.05) is 27.7 Å². The van der Waals surface area contributed by atoms with Crippen LogP contribution in [0, 0.1) is 0 Å². The van der Waals surface area contributed by atoms with Crippen molar-refractivity contribution in [1.29, 1.82) is 0 Å². The number of hydrogen-bond acceptors (Lipinski definition) is 4. The second-order valence-corrected chi connectivity index (χ2v) is 6.73. The first-order valence-corrected chi connectivity index (χ1v) is 9.69. The fourth-order valence-corrected chi connectivity index (χ4v) is 3.91. The number of hydrogen-bond donors (Lipinski definition) is 0. The van der Waals surface area contributed by atoms with Gasteiger partial charge in [0, 0.05) is 36.1 Å². The van der Waals surface area contributed by atoms with Gasteiger partial charge >= 0.3 is 0 Å². The van der Waals surface area contributed by atoms with Gasteiger partial charge in [0.05, 0.1) is 0 Å². The molecule has 0 rings (SSSR count). The largest absolute Gasteiger partial charge is 0.303 e. The van der Waals surface area contributed by atoms with Crippen molar-refractivity contribution in [2.24, 2.45) is 0 Å². The molecule has 110 valence electrons. The summed E-state index contributed by atoms with van der Waals surface area (Å²) in [6, 6.07) is 0. The molecule has 0 amide bonds. The van der Waals surface area contributed by atoms with Crippen molar-refractivity contribution in [1.82, 2.24) is 9.80 Å². The Labute approximate surface area is 123 Å². The molecule has 0 aliphatic carbocycles. The Morgan fingerprint density at radius 1 is 0.556 bits per heavy atom. The normalized spacial score (nSPS) is 11.7. The van der Waals surface area contributed by atoms with Crippen LogP contribution in [0.5, 0.6) is 0 Å². The highest BCUT2D eigenvalue weighted by atomic mass is 32.2. The maximum atomic E-state index is 2.50. The van der Waals surface area contributed by atoms with Crippen LogP contribution in [0.1, 0.15) is 27.7 Å². The minimum Gasteiger partial charge on any atom is -0.303 e. The van der Waals surface area contributed by atoms with E-state index in [1.807, 2.05) is 0 Å². The molecule has 2 nitrogen and oxygen atoms in total. The van der Waals surface area contributed by atoms with Crippen LogP contribution in [0.4, 0.5) is 0 Å². The standard InChI is InChI=1S/C14H32N2S2/c1-5-15(6-2)9-11-17-13-14-18-12-10-16(7-3)8-4/h5-14H2,1-4H3. The van der Waals surface area contributed by atoms with Crippen LogP contribution >= 0.6 is 23.5 Å². The van der Waals surface area contributed by atoms with E-state index in [0.717, 1.165) is 0 Å². The molecule has 0 fully saturated rings. The van der Waals surface area contributed by atoms with E-state index in [0.29, 0.717) is 0 Å². The maximum Gasteiger partial charge on any atom is 0.00721 e. The molecule has 0 aliphatic heterocycles. The van der Waals surface area contributed by atoms with Gasteiger partial charge in [-0.3, -0.25) is 0 Å². The third-order valence-corrected chi connectivity index (χ3v) is 5.45. The van der Waals surface area contributed by atoms with Gasteiger partial charge in [0.15, 0.2) is 0 Å². The molecule has 0 radical (unpaired) electrons. The fraction of sp³-hybridized carbons (Fsp3) is 1.00. The molecule has 0 aliphatic rings. The quantitative estimate of drug-likeness (QED) is 0.481. The fourth-order valence-electron chi connectivity index (χ4n) is 1.79. The highest BCUT2D eigenvalue weighted by molar-refractivity contribution is 8.02. The van der Waals surface area contributed by atoms with Crippen molar-refractivity contribution in [3.8, 4) is 0 Å².